The van der Waals surface area contributed by atoms with Gasteiger partial charge in [0, 0.05) is 30.3 Å². The van der Waals surface area contributed by atoms with Gasteiger partial charge in [-0.2, -0.15) is 0 Å². The zero-order valence-electron chi connectivity index (χ0n) is 14.4. The number of sulfonamides is 1. The molecular weight excluding hydrogens is 322 g/mol. The van der Waals surface area contributed by atoms with E-state index in [0.29, 0.717) is 13.1 Å². The Bertz CT molecular complexity index is 824. The quantitative estimate of drug-likeness (QED) is 0.858. The summed E-state index contributed by atoms with van der Waals surface area (Å²) in [6, 6.07) is 10.3. The van der Waals surface area contributed by atoms with Crippen molar-refractivity contribution < 1.29 is 8.42 Å². The van der Waals surface area contributed by atoms with Crippen LogP contribution in [0.1, 0.15) is 35.8 Å². The van der Waals surface area contributed by atoms with Crippen LogP contribution >= 0.6 is 0 Å². The maximum atomic E-state index is 11.6. The van der Waals surface area contributed by atoms with Crippen molar-refractivity contribution in [3.05, 3.63) is 47.4 Å². The fourth-order valence-corrected chi connectivity index (χ4v) is 3.97. The fourth-order valence-electron chi connectivity index (χ4n) is 3.09. The molecule has 0 amide bonds. The van der Waals surface area contributed by atoms with E-state index in [1.807, 2.05) is 13.0 Å². The van der Waals surface area contributed by atoms with Gasteiger partial charge < -0.3 is 0 Å². The lowest BCUT2D eigenvalue weighted by Crippen LogP contribution is -2.37. The van der Waals surface area contributed by atoms with E-state index in [1.165, 1.54) is 11.8 Å². The van der Waals surface area contributed by atoms with Gasteiger partial charge in [-0.25, -0.2) is 22.7 Å². The molecule has 0 N–H and O–H groups in total. The maximum absolute atomic E-state index is 11.6. The molecule has 2 heterocycles. The average Bonchev–Trinajstić information content (AvgIpc) is 2.54. The third-order valence-corrected chi connectivity index (χ3v) is 5.81. The number of aromatic nitrogens is 2. The van der Waals surface area contributed by atoms with E-state index in [4.69, 9.17) is 4.98 Å². The smallest absolute Gasteiger partial charge is 0.211 e. The van der Waals surface area contributed by atoms with E-state index in [0.717, 1.165) is 35.6 Å². The normalized spacial score (nSPS) is 17.1. The van der Waals surface area contributed by atoms with Gasteiger partial charge in [0.05, 0.1) is 11.9 Å². The minimum absolute atomic E-state index is 0.215. The van der Waals surface area contributed by atoms with E-state index < -0.39 is 10.0 Å². The summed E-state index contributed by atoms with van der Waals surface area (Å²) in [6.07, 6.45) is 2.81. The summed E-state index contributed by atoms with van der Waals surface area (Å²) < 4.78 is 24.8. The van der Waals surface area contributed by atoms with Crippen LogP contribution in [0, 0.1) is 13.8 Å². The highest BCUT2D eigenvalue weighted by molar-refractivity contribution is 7.88. The van der Waals surface area contributed by atoms with Crippen LogP contribution < -0.4 is 0 Å². The minimum Gasteiger partial charge on any atom is -0.238 e. The van der Waals surface area contributed by atoms with Crippen LogP contribution in [0.25, 0.3) is 11.3 Å². The van der Waals surface area contributed by atoms with Gasteiger partial charge in [-0.3, -0.25) is 0 Å². The molecule has 0 aliphatic carbocycles. The minimum atomic E-state index is -3.10. The molecule has 0 spiro atoms. The van der Waals surface area contributed by atoms with Crippen LogP contribution in [-0.2, 0) is 10.0 Å². The molecule has 1 aliphatic rings. The first-order chi connectivity index (χ1) is 11.3. The second-order valence-corrected chi connectivity index (χ2v) is 8.54. The van der Waals surface area contributed by atoms with E-state index in [9.17, 15) is 8.42 Å². The van der Waals surface area contributed by atoms with Gasteiger partial charge in [0.15, 0.2) is 0 Å². The summed E-state index contributed by atoms with van der Waals surface area (Å²) in [5.74, 6) is 1.05. The number of piperidine rings is 1. The Kier molecular flexibility index (Phi) is 4.69. The average molecular weight is 345 g/mol. The van der Waals surface area contributed by atoms with Crippen molar-refractivity contribution in [2.45, 2.75) is 32.6 Å². The molecule has 0 unspecified atom stereocenters. The summed E-state index contributed by atoms with van der Waals surface area (Å²) in [5, 5.41) is 0. The summed E-state index contributed by atoms with van der Waals surface area (Å²) >= 11 is 0. The van der Waals surface area contributed by atoms with Gasteiger partial charge in [-0.05, 0) is 32.8 Å². The third kappa shape index (κ3) is 3.82. The van der Waals surface area contributed by atoms with Gasteiger partial charge >= 0.3 is 0 Å². The number of nitrogens with zero attached hydrogens (tertiary/aromatic N) is 3. The molecule has 1 aromatic carbocycles. The van der Waals surface area contributed by atoms with Gasteiger partial charge in [-0.15, -0.1) is 0 Å². The van der Waals surface area contributed by atoms with Crippen LogP contribution in [0.15, 0.2) is 30.3 Å². The second kappa shape index (κ2) is 6.61. The molecule has 128 valence electrons. The molecule has 2 aromatic rings. The van der Waals surface area contributed by atoms with Crippen LogP contribution in [0.3, 0.4) is 0 Å². The first-order valence-electron chi connectivity index (χ1n) is 8.20. The predicted octanol–water partition coefficient (Wildman–Crippen LogP) is 2.90. The summed E-state index contributed by atoms with van der Waals surface area (Å²) in [6.45, 7) is 5.13. The highest BCUT2D eigenvalue weighted by Gasteiger charge is 2.27. The lowest BCUT2D eigenvalue weighted by atomic mass is 9.96. The number of hydrogen-bond donors (Lipinski definition) is 0. The van der Waals surface area contributed by atoms with E-state index in [2.05, 4.69) is 36.2 Å². The topological polar surface area (TPSA) is 63.2 Å². The zero-order chi connectivity index (χ0) is 17.3. The van der Waals surface area contributed by atoms with Crippen molar-refractivity contribution in [2.24, 2.45) is 0 Å². The van der Waals surface area contributed by atoms with Crippen molar-refractivity contribution in [3.63, 3.8) is 0 Å². The standard InChI is InChI=1S/C18H23N3O2S/c1-13-4-6-15(7-5-13)17-12-14(2)19-18(20-17)16-8-10-21(11-9-16)24(3,22)23/h4-7,12,16H,8-11H2,1-3H3. The predicted molar refractivity (Wildman–Crippen MR) is 95.3 cm³/mol. The molecule has 24 heavy (non-hydrogen) atoms. The molecule has 1 aromatic heterocycles. The molecule has 1 saturated heterocycles. The van der Waals surface area contributed by atoms with Gasteiger partial charge in [0.2, 0.25) is 10.0 Å². The summed E-state index contributed by atoms with van der Waals surface area (Å²) in [7, 11) is -3.10. The van der Waals surface area contributed by atoms with E-state index >= 15 is 0 Å². The monoisotopic (exact) mass is 345 g/mol. The molecule has 0 bridgehead atoms. The lowest BCUT2D eigenvalue weighted by molar-refractivity contribution is 0.315. The van der Waals surface area contributed by atoms with Crippen LogP contribution in [0.5, 0.6) is 0 Å². The van der Waals surface area contributed by atoms with Crippen molar-refractivity contribution in [3.8, 4) is 11.3 Å². The Balaban J connectivity index is 1.83. The molecule has 0 radical (unpaired) electrons. The molecule has 5 nitrogen and oxygen atoms in total. The van der Waals surface area contributed by atoms with E-state index in [-0.39, 0.29) is 5.92 Å². The van der Waals surface area contributed by atoms with Crippen molar-refractivity contribution in [1.82, 2.24) is 14.3 Å². The summed E-state index contributed by atoms with van der Waals surface area (Å²) in [4.78, 5) is 9.37. The Hall–Kier alpha value is -1.79. The summed E-state index contributed by atoms with van der Waals surface area (Å²) in [5.41, 5.74) is 4.18. The fraction of sp³-hybridized carbons (Fsp3) is 0.444. The number of benzene rings is 1. The van der Waals surface area contributed by atoms with Gasteiger partial charge in [-0.1, -0.05) is 29.8 Å². The molecule has 1 fully saturated rings. The van der Waals surface area contributed by atoms with Crippen LogP contribution in [0.2, 0.25) is 0 Å². The number of aryl methyl sites for hydroxylation is 2. The lowest BCUT2D eigenvalue weighted by Gasteiger charge is -2.29. The van der Waals surface area contributed by atoms with Crippen LogP contribution in [-0.4, -0.2) is 42.0 Å². The second-order valence-electron chi connectivity index (χ2n) is 6.56. The molecular formula is C18H23N3O2S. The van der Waals surface area contributed by atoms with E-state index in [1.54, 1.807) is 4.31 Å². The van der Waals surface area contributed by atoms with Crippen LogP contribution in [0.4, 0.5) is 0 Å². The SMILES string of the molecule is Cc1ccc(-c2cc(C)nc(C3CCN(S(C)(=O)=O)CC3)n2)cc1. The number of hydrogen-bond acceptors (Lipinski definition) is 4. The number of rotatable bonds is 3. The van der Waals surface area contributed by atoms with Gasteiger partial charge in [0.25, 0.3) is 0 Å². The molecule has 0 atom stereocenters. The largest absolute Gasteiger partial charge is 0.238 e. The Morgan fingerprint density at radius 2 is 1.67 bits per heavy atom. The van der Waals surface area contributed by atoms with Crippen molar-refractivity contribution in [1.29, 1.82) is 0 Å². The Labute approximate surface area is 143 Å². The highest BCUT2D eigenvalue weighted by atomic mass is 32.2. The van der Waals surface area contributed by atoms with Crippen molar-refractivity contribution in [2.75, 3.05) is 19.3 Å². The first kappa shape index (κ1) is 17.0. The molecule has 1 aliphatic heterocycles. The first-order valence-corrected chi connectivity index (χ1v) is 10.1. The molecule has 3 rings (SSSR count). The van der Waals surface area contributed by atoms with Gasteiger partial charge in [0.1, 0.15) is 5.82 Å². The maximum Gasteiger partial charge on any atom is 0.211 e. The molecule has 0 saturated carbocycles. The highest BCUT2D eigenvalue weighted by Crippen LogP contribution is 2.28. The Morgan fingerprint density at radius 1 is 1.04 bits per heavy atom. The zero-order valence-corrected chi connectivity index (χ0v) is 15.2. The third-order valence-electron chi connectivity index (χ3n) is 4.51. The molecule has 6 heteroatoms. The van der Waals surface area contributed by atoms with Crippen molar-refractivity contribution >= 4 is 10.0 Å². The Morgan fingerprint density at radius 3 is 2.25 bits per heavy atom.